The molecule has 0 saturated carbocycles. The highest BCUT2D eigenvalue weighted by Crippen LogP contribution is 2.01. The fraction of sp³-hybridized carbons (Fsp3) is 0.250. The van der Waals surface area contributed by atoms with Gasteiger partial charge in [-0.1, -0.05) is 30.3 Å². The third-order valence-corrected chi connectivity index (χ3v) is 2.56. The quantitative estimate of drug-likeness (QED) is 0.862. The second kappa shape index (κ2) is 4.78. The van der Waals surface area contributed by atoms with E-state index in [0.29, 0.717) is 6.42 Å². The normalized spacial score (nSPS) is 10.2. The zero-order valence-electron chi connectivity index (χ0n) is 9.84. The average molecular weight is 230 g/mol. The first-order valence-corrected chi connectivity index (χ1v) is 5.39. The van der Waals surface area contributed by atoms with Crippen LogP contribution in [0.15, 0.2) is 30.3 Å². The predicted molar refractivity (Wildman–Crippen MR) is 64.0 cm³/mol. The van der Waals surface area contributed by atoms with Crippen LogP contribution in [0.3, 0.4) is 0 Å². The Labute approximate surface area is 99.4 Å². The van der Waals surface area contributed by atoms with E-state index in [1.807, 2.05) is 44.2 Å². The molecular formula is C12H14N4O. The molecule has 1 aromatic carbocycles. The van der Waals surface area contributed by atoms with Gasteiger partial charge in [-0.25, -0.2) is 5.43 Å². The number of carbonyl (C=O) groups is 1. The lowest BCUT2D eigenvalue weighted by atomic mass is 10.1. The molecule has 0 saturated heterocycles. The zero-order chi connectivity index (χ0) is 12.3. The minimum Gasteiger partial charge on any atom is -0.273 e. The summed E-state index contributed by atoms with van der Waals surface area (Å²) < 4.78 is 0. The second-order valence-corrected chi connectivity index (χ2v) is 3.87. The van der Waals surface area contributed by atoms with Gasteiger partial charge in [0.2, 0.25) is 5.91 Å². The molecule has 0 fully saturated rings. The predicted octanol–water partition coefficient (Wildman–Crippen LogP) is 1.21. The van der Waals surface area contributed by atoms with Gasteiger partial charge in [-0.3, -0.25) is 4.79 Å². The summed E-state index contributed by atoms with van der Waals surface area (Å²) in [5, 5.41) is 7.71. The Hall–Kier alpha value is -2.17. The number of hydrogen-bond acceptors (Lipinski definition) is 3. The van der Waals surface area contributed by atoms with Crippen LogP contribution in [0, 0.1) is 13.8 Å². The number of nitrogens with zero attached hydrogens (tertiary/aromatic N) is 3. The molecule has 5 nitrogen and oxygen atoms in total. The molecule has 0 radical (unpaired) electrons. The Morgan fingerprint density at radius 1 is 1.29 bits per heavy atom. The number of benzene rings is 1. The van der Waals surface area contributed by atoms with Gasteiger partial charge in [-0.05, 0) is 24.6 Å². The fourth-order valence-corrected chi connectivity index (χ4v) is 1.45. The van der Waals surface area contributed by atoms with Crippen LogP contribution in [-0.4, -0.2) is 21.0 Å². The van der Waals surface area contributed by atoms with Gasteiger partial charge in [0, 0.05) is 0 Å². The Kier molecular flexibility index (Phi) is 3.18. The van der Waals surface area contributed by atoms with E-state index in [1.54, 1.807) is 0 Å². The third kappa shape index (κ3) is 2.69. The first kappa shape index (κ1) is 11.3. The van der Waals surface area contributed by atoms with Crippen molar-refractivity contribution in [2.24, 2.45) is 0 Å². The summed E-state index contributed by atoms with van der Waals surface area (Å²) in [6, 6.07) is 9.57. The third-order valence-electron chi connectivity index (χ3n) is 2.56. The lowest BCUT2D eigenvalue weighted by molar-refractivity contribution is -0.116. The van der Waals surface area contributed by atoms with Crippen molar-refractivity contribution < 1.29 is 4.79 Å². The van der Waals surface area contributed by atoms with E-state index in [9.17, 15) is 4.79 Å². The lowest BCUT2D eigenvalue weighted by Crippen LogP contribution is -2.26. The largest absolute Gasteiger partial charge is 0.273 e. The highest BCUT2D eigenvalue weighted by molar-refractivity contribution is 5.85. The van der Waals surface area contributed by atoms with E-state index in [-0.39, 0.29) is 5.91 Å². The van der Waals surface area contributed by atoms with Crippen LogP contribution in [-0.2, 0) is 11.2 Å². The maximum absolute atomic E-state index is 11.7. The highest BCUT2D eigenvalue weighted by Gasteiger charge is 2.08. The van der Waals surface area contributed by atoms with Crippen molar-refractivity contribution >= 4 is 5.91 Å². The van der Waals surface area contributed by atoms with Crippen molar-refractivity contribution in [3.05, 3.63) is 47.3 Å². The van der Waals surface area contributed by atoms with E-state index >= 15 is 0 Å². The molecule has 0 bridgehead atoms. The van der Waals surface area contributed by atoms with Gasteiger partial charge in [0.05, 0.1) is 17.8 Å². The summed E-state index contributed by atoms with van der Waals surface area (Å²) in [6.07, 6.45) is 0.333. The first-order valence-electron chi connectivity index (χ1n) is 5.39. The number of carbonyl (C=O) groups excluding carboxylic acids is 1. The average Bonchev–Trinajstić information content (AvgIpc) is 2.62. The number of aromatic nitrogens is 3. The Morgan fingerprint density at radius 3 is 2.59 bits per heavy atom. The van der Waals surface area contributed by atoms with E-state index in [0.717, 1.165) is 17.0 Å². The van der Waals surface area contributed by atoms with Crippen LogP contribution in [0.1, 0.15) is 17.0 Å². The Morgan fingerprint density at radius 2 is 2.00 bits per heavy atom. The molecule has 1 N–H and O–H groups in total. The second-order valence-electron chi connectivity index (χ2n) is 3.87. The van der Waals surface area contributed by atoms with Gasteiger partial charge in [0.25, 0.3) is 0 Å². The van der Waals surface area contributed by atoms with Crippen LogP contribution in [0.2, 0.25) is 0 Å². The molecule has 88 valence electrons. The molecule has 0 spiro atoms. The van der Waals surface area contributed by atoms with Crippen LogP contribution in [0.4, 0.5) is 0 Å². The molecule has 0 aliphatic heterocycles. The van der Waals surface area contributed by atoms with E-state index in [2.05, 4.69) is 15.7 Å². The highest BCUT2D eigenvalue weighted by atomic mass is 16.2. The molecule has 1 amide bonds. The number of nitrogens with one attached hydrogen (secondary N) is 1. The molecule has 5 heteroatoms. The van der Waals surface area contributed by atoms with Gasteiger partial charge in [0.1, 0.15) is 0 Å². The van der Waals surface area contributed by atoms with Crippen molar-refractivity contribution in [3.63, 3.8) is 0 Å². The standard InChI is InChI=1S/C12H14N4O/c1-9-10(2)16(15-13-9)14-12(17)8-11-6-4-3-5-7-11/h3-7H,8H2,1-2H3,(H,14,17). The van der Waals surface area contributed by atoms with Crippen molar-refractivity contribution in [1.82, 2.24) is 15.1 Å². The van der Waals surface area contributed by atoms with Crippen LogP contribution < -0.4 is 5.43 Å². The Bertz CT molecular complexity index is 519. The number of hydrogen-bond donors (Lipinski definition) is 1. The fourth-order valence-electron chi connectivity index (χ4n) is 1.45. The molecule has 1 aromatic heterocycles. The summed E-state index contributed by atoms with van der Waals surface area (Å²) in [4.78, 5) is 13.1. The molecule has 0 atom stereocenters. The van der Waals surface area contributed by atoms with Crippen LogP contribution in [0.5, 0.6) is 0 Å². The summed E-state index contributed by atoms with van der Waals surface area (Å²) in [5.41, 5.74) is 5.30. The maximum Gasteiger partial charge on any atom is 0.244 e. The summed E-state index contributed by atoms with van der Waals surface area (Å²) in [7, 11) is 0. The SMILES string of the molecule is Cc1nnn(NC(=O)Cc2ccccc2)c1C. The van der Waals surface area contributed by atoms with Gasteiger partial charge >= 0.3 is 0 Å². The molecule has 0 aliphatic carbocycles. The van der Waals surface area contributed by atoms with Crippen LogP contribution >= 0.6 is 0 Å². The molecular weight excluding hydrogens is 216 g/mol. The Balaban J connectivity index is 2.01. The van der Waals surface area contributed by atoms with Crippen LogP contribution in [0.25, 0.3) is 0 Å². The summed E-state index contributed by atoms with van der Waals surface area (Å²) >= 11 is 0. The van der Waals surface area contributed by atoms with Crippen molar-refractivity contribution in [1.29, 1.82) is 0 Å². The van der Waals surface area contributed by atoms with E-state index < -0.39 is 0 Å². The summed E-state index contributed by atoms with van der Waals surface area (Å²) in [5.74, 6) is -0.107. The van der Waals surface area contributed by atoms with Gasteiger partial charge < -0.3 is 0 Å². The molecule has 1 heterocycles. The topological polar surface area (TPSA) is 59.8 Å². The number of amides is 1. The van der Waals surface area contributed by atoms with Crippen molar-refractivity contribution in [2.45, 2.75) is 20.3 Å². The molecule has 2 aromatic rings. The molecule has 2 rings (SSSR count). The maximum atomic E-state index is 11.7. The van der Waals surface area contributed by atoms with Gasteiger partial charge in [-0.2, -0.15) is 4.79 Å². The van der Waals surface area contributed by atoms with Gasteiger partial charge in [-0.15, -0.1) is 5.10 Å². The smallest absolute Gasteiger partial charge is 0.244 e. The monoisotopic (exact) mass is 230 g/mol. The van der Waals surface area contributed by atoms with Crippen molar-refractivity contribution in [3.8, 4) is 0 Å². The minimum absolute atomic E-state index is 0.107. The summed E-state index contributed by atoms with van der Waals surface area (Å²) in [6.45, 7) is 3.71. The first-order chi connectivity index (χ1) is 8.16. The van der Waals surface area contributed by atoms with E-state index in [4.69, 9.17) is 0 Å². The van der Waals surface area contributed by atoms with E-state index in [1.165, 1.54) is 4.79 Å². The number of aryl methyl sites for hydroxylation is 1. The molecule has 17 heavy (non-hydrogen) atoms. The van der Waals surface area contributed by atoms with Gasteiger partial charge in [0.15, 0.2) is 0 Å². The number of rotatable bonds is 3. The van der Waals surface area contributed by atoms with Crippen molar-refractivity contribution in [2.75, 3.05) is 5.43 Å². The minimum atomic E-state index is -0.107. The molecule has 0 aliphatic rings. The zero-order valence-corrected chi connectivity index (χ0v) is 9.84. The lowest BCUT2D eigenvalue weighted by Gasteiger charge is -2.05. The molecule has 0 unspecified atom stereocenters.